The molecule has 1 rings (SSSR count). The number of halogens is 1. The molecule has 0 amide bonds. The van der Waals surface area contributed by atoms with Crippen LogP contribution in [0.25, 0.3) is 0 Å². The molecule has 0 saturated heterocycles. The predicted molar refractivity (Wildman–Crippen MR) is 73.9 cm³/mol. The quantitative estimate of drug-likeness (QED) is 0.754. The number of rotatable bonds is 8. The Morgan fingerprint density at radius 1 is 1.28 bits per heavy atom. The van der Waals surface area contributed by atoms with E-state index in [9.17, 15) is 4.39 Å². The lowest BCUT2D eigenvalue weighted by atomic mass is 9.91. The standard InChI is InChI=1S/C15H25FN2/c1-4-8-18-15(10-12(5-2)6-3)13-7-9-17-11-14(13)16/h7,9,11-12,15,18H,4-6,8,10H2,1-3H3. The summed E-state index contributed by atoms with van der Waals surface area (Å²) in [5.74, 6) is 0.448. The highest BCUT2D eigenvalue weighted by Crippen LogP contribution is 2.26. The Bertz CT molecular complexity index is 337. The molecule has 1 unspecified atom stereocenters. The van der Waals surface area contributed by atoms with E-state index >= 15 is 0 Å². The zero-order chi connectivity index (χ0) is 13.4. The Labute approximate surface area is 110 Å². The third-order valence-electron chi connectivity index (χ3n) is 3.54. The van der Waals surface area contributed by atoms with Crippen LogP contribution in [-0.2, 0) is 0 Å². The highest BCUT2D eigenvalue weighted by atomic mass is 19.1. The maximum absolute atomic E-state index is 13.8. The third-order valence-corrected chi connectivity index (χ3v) is 3.54. The Balaban J connectivity index is 2.80. The number of nitrogens with zero attached hydrogens (tertiary/aromatic N) is 1. The first-order valence-corrected chi connectivity index (χ1v) is 7.05. The average Bonchev–Trinajstić information content (AvgIpc) is 2.40. The molecule has 0 aliphatic rings. The van der Waals surface area contributed by atoms with Gasteiger partial charge in [0.1, 0.15) is 5.82 Å². The fourth-order valence-corrected chi connectivity index (χ4v) is 2.26. The largest absolute Gasteiger partial charge is 0.310 e. The maximum atomic E-state index is 13.8. The van der Waals surface area contributed by atoms with Gasteiger partial charge in [0.2, 0.25) is 0 Å². The van der Waals surface area contributed by atoms with Gasteiger partial charge in [-0.05, 0) is 31.4 Å². The molecule has 0 radical (unpaired) electrons. The van der Waals surface area contributed by atoms with Gasteiger partial charge in [0.15, 0.2) is 0 Å². The van der Waals surface area contributed by atoms with E-state index in [1.807, 2.05) is 0 Å². The van der Waals surface area contributed by atoms with Gasteiger partial charge in [-0.3, -0.25) is 4.98 Å². The highest BCUT2D eigenvalue weighted by molar-refractivity contribution is 5.17. The van der Waals surface area contributed by atoms with Gasteiger partial charge in [-0.1, -0.05) is 33.6 Å². The van der Waals surface area contributed by atoms with E-state index in [2.05, 4.69) is 31.1 Å². The van der Waals surface area contributed by atoms with E-state index in [0.29, 0.717) is 5.92 Å². The molecule has 0 fully saturated rings. The second-order valence-electron chi connectivity index (χ2n) is 4.82. The minimum absolute atomic E-state index is 0.109. The molecule has 1 heterocycles. The Morgan fingerprint density at radius 3 is 2.56 bits per heavy atom. The summed E-state index contributed by atoms with van der Waals surface area (Å²) in [6.45, 7) is 7.46. The van der Waals surface area contributed by atoms with Crippen LogP contribution in [-0.4, -0.2) is 11.5 Å². The van der Waals surface area contributed by atoms with Crippen LogP contribution in [0.2, 0.25) is 0 Å². The molecule has 0 spiro atoms. The van der Waals surface area contributed by atoms with Gasteiger partial charge in [0.25, 0.3) is 0 Å². The van der Waals surface area contributed by atoms with Gasteiger partial charge in [0, 0.05) is 17.8 Å². The smallest absolute Gasteiger partial charge is 0.146 e. The lowest BCUT2D eigenvalue weighted by Crippen LogP contribution is -2.25. The van der Waals surface area contributed by atoms with E-state index in [0.717, 1.165) is 37.8 Å². The number of hydrogen-bond donors (Lipinski definition) is 1. The van der Waals surface area contributed by atoms with E-state index in [1.54, 1.807) is 12.3 Å². The maximum Gasteiger partial charge on any atom is 0.146 e. The molecule has 1 atom stereocenters. The van der Waals surface area contributed by atoms with Gasteiger partial charge in [0.05, 0.1) is 6.20 Å². The number of pyridine rings is 1. The summed E-state index contributed by atoms with van der Waals surface area (Å²) in [5, 5.41) is 3.46. The first kappa shape index (κ1) is 15.1. The van der Waals surface area contributed by atoms with Crippen molar-refractivity contribution in [1.29, 1.82) is 0 Å². The van der Waals surface area contributed by atoms with Crippen LogP contribution in [0.4, 0.5) is 4.39 Å². The normalized spacial score (nSPS) is 12.9. The Kier molecular flexibility index (Phi) is 6.88. The molecule has 18 heavy (non-hydrogen) atoms. The van der Waals surface area contributed by atoms with E-state index < -0.39 is 0 Å². The number of nitrogens with one attached hydrogen (secondary N) is 1. The average molecular weight is 252 g/mol. The Morgan fingerprint density at radius 2 is 2.00 bits per heavy atom. The van der Waals surface area contributed by atoms with Crippen LogP contribution >= 0.6 is 0 Å². The monoisotopic (exact) mass is 252 g/mol. The first-order valence-electron chi connectivity index (χ1n) is 7.05. The fraction of sp³-hybridized carbons (Fsp3) is 0.667. The van der Waals surface area contributed by atoms with Crippen LogP contribution in [0.15, 0.2) is 18.5 Å². The SMILES string of the molecule is CCCNC(CC(CC)CC)c1ccncc1F. The minimum Gasteiger partial charge on any atom is -0.310 e. The molecule has 0 aliphatic carbocycles. The summed E-state index contributed by atoms with van der Waals surface area (Å²) in [6, 6.07) is 1.91. The lowest BCUT2D eigenvalue weighted by molar-refractivity contribution is 0.363. The van der Waals surface area contributed by atoms with Gasteiger partial charge < -0.3 is 5.32 Å². The number of hydrogen-bond acceptors (Lipinski definition) is 2. The predicted octanol–water partition coefficient (Wildman–Crippen LogP) is 4.09. The van der Waals surface area contributed by atoms with Crippen LogP contribution < -0.4 is 5.32 Å². The molecule has 0 bridgehead atoms. The van der Waals surface area contributed by atoms with Crippen LogP contribution in [0.5, 0.6) is 0 Å². The molecule has 3 heteroatoms. The van der Waals surface area contributed by atoms with Crippen molar-refractivity contribution in [3.8, 4) is 0 Å². The first-order chi connectivity index (χ1) is 8.72. The zero-order valence-electron chi connectivity index (χ0n) is 11.7. The van der Waals surface area contributed by atoms with E-state index in [4.69, 9.17) is 0 Å². The fourth-order valence-electron chi connectivity index (χ4n) is 2.26. The number of aromatic nitrogens is 1. The molecular formula is C15H25FN2. The summed E-state index contributed by atoms with van der Waals surface area (Å²) in [6.07, 6.45) is 7.33. The summed E-state index contributed by atoms with van der Waals surface area (Å²) < 4.78 is 13.8. The summed E-state index contributed by atoms with van der Waals surface area (Å²) in [7, 11) is 0. The molecule has 1 N–H and O–H groups in total. The van der Waals surface area contributed by atoms with Crippen molar-refractivity contribution >= 4 is 0 Å². The lowest BCUT2D eigenvalue weighted by Gasteiger charge is -2.23. The summed E-state index contributed by atoms with van der Waals surface area (Å²) >= 11 is 0. The summed E-state index contributed by atoms with van der Waals surface area (Å²) in [5.41, 5.74) is 0.755. The van der Waals surface area contributed by atoms with Crippen LogP contribution in [0, 0.1) is 11.7 Å². The van der Waals surface area contributed by atoms with Gasteiger partial charge >= 0.3 is 0 Å². The third kappa shape index (κ3) is 4.37. The van der Waals surface area contributed by atoms with Crippen molar-refractivity contribution < 1.29 is 4.39 Å². The topological polar surface area (TPSA) is 24.9 Å². The Hall–Kier alpha value is -0.960. The van der Waals surface area contributed by atoms with E-state index in [1.165, 1.54) is 6.20 Å². The van der Waals surface area contributed by atoms with Crippen LogP contribution in [0.1, 0.15) is 58.1 Å². The van der Waals surface area contributed by atoms with Crippen LogP contribution in [0.3, 0.4) is 0 Å². The minimum atomic E-state index is -0.197. The van der Waals surface area contributed by atoms with Crippen molar-refractivity contribution in [2.45, 2.75) is 52.5 Å². The second-order valence-corrected chi connectivity index (χ2v) is 4.82. The zero-order valence-corrected chi connectivity index (χ0v) is 11.7. The molecule has 0 aliphatic heterocycles. The molecule has 0 aromatic carbocycles. The molecule has 2 nitrogen and oxygen atoms in total. The molecular weight excluding hydrogens is 227 g/mol. The molecule has 1 aromatic heterocycles. The van der Waals surface area contributed by atoms with Crippen molar-refractivity contribution in [2.24, 2.45) is 5.92 Å². The van der Waals surface area contributed by atoms with Crippen molar-refractivity contribution in [2.75, 3.05) is 6.54 Å². The van der Waals surface area contributed by atoms with Crippen molar-refractivity contribution in [3.63, 3.8) is 0 Å². The highest BCUT2D eigenvalue weighted by Gasteiger charge is 2.18. The molecule has 0 saturated carbocycles. The van der Waals surface area contributed by atoms with Gasteiger partial charge in [-0.25, -0.2) is 4.39 Å². The van der Waals surface area contributed by atoms with E-state index in [-0.39, 0.29) is 11.9 Å². The van der Waals surface area contributed by atoms with Crippen molar-refractivity contribution in [3.05, 3.63) is 29.8 Å². The van der Waals surface area contributed by atoms with Gasteiger partial charge in [-0.15, -0.1) is 0 Å². The van der Waals surface area contributed by atoms with Crippen molar-refractivity contribution in [1.82, 2.24) is 10.3 Å². The molecule has 102 valence electrons. The molecule has 1 aromatic rings. The second kappa shape index (κ2) is 8.20. The summed E-state index contributed by atoms with van der Waals surface area (Å²) in [4.78, 5) is 3.82. The van der Waals surface area contributed by atoms with Gasteiger partial charge in [-0.2, -0.15) is 0 Å².